The topological polar surface area (TPSA) is 72.0 Å². The zero-order chi connectivity index (χ0) is 12.0. The van der Waals surface area contributed by atoms with Gasteiger partial charge in [-0.3, -0.25) is 4.98 Å². The SMILES string of the molecule is Oc1cc(-c2c[nH]c3cc(Br)ccc23)c(O)[nH]1. The summed E-state index contributed by atoms with van der Waals surface area (Å²) in [5.74, 6) is -0.0877. The summed E-state index contributed by atoms with van der Waals surface area (Å²) in [6.07, 6.45) is 1.80. The van der Waals surface area contributed by atoms with E-state index in [0.29, 0.717) is 5.56 Å². The van der Waals surface area contributed by atoms with Crippen molar-refractivity contribution >= 4 is 26.8 Å². The molecule has 2 aromatic heterocycles. The van der Waals surface area contributed by atoms with Gasteiger partial charge in [0.05, 0.1) is 0 Å². The van der Waals surface area contributed by atoms with Crippen LogP contribution in [0, 0.1) is 0 Å². The molecule has 3 rings (SSSR count). The highest BCUT2D eigenvalue weighted by Crippen LogP contribution is 2.37. The molecule has 0 unspecified atom stereocenters. The molecule has 3 aromatic rings. The molecular weight excluding hydrogens is 284 g/mol. The van der Waals surface area contributed by atoms with Crippen molar-refractivity contribution in [2.45, 2.75) is 0 Å². The van der Waals surface area contributed by atoms with E-state index in [1.807, 2.05) is 18.2 Å². The Kier molecular flexibility index (Phi) is 2.16. The first kappa shape index (κ1) is 10.3. The normalized spacial score (nSPS) is 11.1. The molecule has 0 aliphatic heterocycles. The summed E-state index contributed by atoms with van der Waals surface area (Å²) in [5, 5.41) is 20.0. The van der Waals surface area contributed by atoms with Crippen molar-refractivity contribution in [3.8, 4) is 22.9 Å². The van der Waals surface area contributed by atoms with Crippen molar-refractivity contribution in [2.24, 2.45) is 0 Å². The lowest BCUT2D eigenvalue weighted by atomic mass is 10.1. The Morgan fingerprint density at radius 2 is 1.88 bits per heavy atom. The molecule has 0 spiro atoms. The van der Waals surface area contributed by atoms with Gasteiger partial charge < -0.3 is 15.2 Å². The van der Waals surface area contributed by atoms with Crippen LogP contribution in [0.1, 0.15) is 0 Å². The van der Waals surface area contributed by atoms with Crippen molar-refractivity contribution in [1.29, 1.82) is 0 Å². The minimum atomic E-state index is -0.0519. The number of aromatic amines is 2. The van der Waals surface area contributed by atoms with Crippen LogP contribution in [-0.4, -0.2) is 20.2 Å². The quantitative estimate of drug-likeness (QED) is 0.555. The Morgan fingerprint density at radius 3 is 2.59 bits per heavy atom. The van der Waals surface area contributed by atoms with Crippen LogP contribution < -0.4 is 0 Å². The van der Waals surface area contributed by atoms with Crippen LogP contribution in [0.3, 0.4) is 0 Å². The van der Waals surface area contributed by atoms with Crippen molar-refractivity contribution in [3.05, 3.63) is 34.9 Å². The van der Waals surface area contributed by atoms with Gasteiger partial charge in [-0.2, -0.15) is 0 Å². The number of fused-ring (bicyclic) bond motifs is 1. The van der Waals surface area contributed by atoms with Crippen molar-refractivity contribution < 1.29 is 10.2 Å². The third-order valence-corrected chi connectivity index (χ3v) is 3.21. The van der Waals surface area contributed by atoms with E-state index in [1.165, 1.54) is 6.07 Å². The van der Waals surface area contributed by atoms with Crippen LogP contribution in [0.4, 0.5) is 0 Å². The molecule has 0 saturated heterocycles. The number of rotatable bonds is 1. The third kappa shape index (κ3) is 1.59. The number of halogens is 1. The molecule has 5 heteroatoms. The van der Waals surface area contributed by atoms with Crippen LogP contribution >= 0.6 is 15.9 Å². The zero-order valence-corrected chi connectivity index (χ0v) is 10.2. The molecule has 0 fully saturated rings. The van der Waals surface area contributed by atoms with Gasteiger partial charge in [-0.15, -0.1) is 0 Å². The van der Waals surface area contributed by atoms with E-state index in [1.54, 1.807) is 6.20 Å². The summed E-state index contributed by atoms with van der Waals surface area (Å²) in [6, 6.07) is 7.35. The van der Waals surface area contributed by atoms with Crippen LogP contribution in [0.25, 0.3) is 22.0 Å². The van der Waals surface area contributed by atoms with E-state index in [9.17, 15) is 10.2 Å². The number of aromatic hydroxyl groups is 2. The second kappa shape index (κ2) is 3.56. The largest absolute Gasteiger partial charge is 0.494 e. The molecule has 0 aliphatic rings. The van der Waals surface area contributed by atoms with Gasteiger partial charge in [-0.25, -0.2) is 0 Å². The lowest BCUT2D eigenvalue weighted by Gasteiger charge is -1.97. The highest BCUT2D eigenvalue weighted by Gasteiger charge is 2.13. The van der Waals surface area contributed by atoms with Gasteiger partial charge in [0.1, 0.15) is 0 Å². The summed E-state index contributed by atoms with van der Waals surface area (Å²) in [4.78, 5) is 5.59. The average Bonchev–Trinajstić information content (AvgIpc) is 2.81. The van der Waals surface area contributed by atoms with E-state index < -0.39 is 0 Å². The Bertz CT molecular complexity index is 700. The van der Waals surface area contributed by atoms with Crippen molar-refractivity contribution in [3.63, 3.8) is 0 Å². The first-order valence-electron chi connectivity index (χ1n) is 5.03. The first-order chi connectivity index (χ1) is 8.15. The maximum absolute atomic E-state index is 9.68. The number of hydrogen-bond donors (Lipinski definition) is 4. The molecule has 86 valence electrons. The molecule has 1 aromatic carbocycles. The maximum atomic E-state index is 9.68. The minimum absolute atomic E-state index is 0.0358. The molecule has 2 heterocycles. The fourth-order valence-corrected chi connectivity index (χ4v) is 2.32. The second-order valence-electron chi connectivity index (χ2n) is 3.81. The summed E-state index contributed by atoms with van der Waals surface area (Å²) < 4.78 is 0.986. The standard InChI is InChI=1S/C12H9BrN2O2/c13-6-1-2-7-9(5-14-10(7)3-6)8-4-11(16)15-12(8)17/h1-5,14-17H. The third-order valence-electron chi connectivity index (χ3n) is 2.72. The fraction of sp³-hybridized carbons (Fsp3) is 0. The number of benzene rings is 1. The van der Waals surface area contributed by atoms with Gasteiger partial charge in [-0.1, -0.05) is 22.0 Å². The molecule has 0 aliphatic carbocycles. The molecule has 0 amide bonds. The van der Waals surface area contributed by atoms with Gasteiger partial charge in [0.2, 0.25) is 0 Å². The number of nitrogens with one attached hydrogen (secondary N) is 2. The van der Waals surface area contributed by atoms with Gasteiger partial charge in [0.25, 0.3) is 0 Å². The minimum Gasteiger partial charge on any atom is -0.494 e. The first-order valence-corrected chi connectivity index (χ1v) is 5.82. The number of hydrogen-bond acceptors (Lipinski definition) is 2. The van der Waals surface area contributed by atoms with E-state index in [-0.39, 0.29) is 11.8 Å². The molecule has 0 bridgehead atoms. The van der Waals surface area contributed by atoms with E-state index in [0.717, 1.165) is 20.9 Å². The Hall–Kier alpha value is -1.88. The highest BCUT2D eigenvalue weighted by atomic mass is 79.9. The predicted octanol–water partition coefficient (Wildman–Crippen LogP) is 3.34. The molecular formula is C12H9BrN2O2. The highest BCUT2D eigenvalue weighted by molar-refractivity contribution is 9.10. The summed E-state index contributed by atoms with van der Waals surface area (Å²) in [5.41, 5.74) is 2.40. The maximum Gasteiger partial charge on any atom is 0.199 e. The van der Waals surface area contributed by atoms with Crippen LogP contribution in [0.15, 0.2) is 34.9 Å². The van der Waals surface area contributed by atoms with E-state index in [2.05, 4.69) is 25.9 Å². The van der Waals surface area contributed by atoms with Gasteiger partial charge in [0, 0.05) is 38.8 Å². The van der Waals surface area contributed by atoms with Gasteiger partial charge in [0.15, 0.2) is 11.8 Å². The van der Waals surface area contributed by atoms with Crippen LogP contribution in [0.5, 0.6) is 11.8 Å². The number of H-pyrrole nitrogens is 2. The van der Waals surface area contributed by atoms with E-state index in [4.69, 9.17) is 0 Å². The fourth-order valence-electron chi connectivity index (χ4n) is 1.96. The lowest BCUT2D eigenvalue weighted by Crippen LogP contribution is -1.73. The molecule has 0 radical (unpaired) electrons. The number of aromatic nitrogens is 2. The van der Waals surface area contributed by atoms with Crippen LogP contribution in [-0.2, 0) is 0 Å². The summed E-state index contributed by atoms with van der Waals surface area (Å²) in [6.45, 7) is 0. The Balaban J connectivity index is 2.28. The lowest BCUT2D eigenvalue weighted by molar-refractivity contribution is 0.426. The van der Waals surface area contributed by atoms with Crippen molar-refractivity contribution in [1.82, 2.24) is 9.97 Å². The zero-order valence-electron chi connectivity index (χ0n) is 8.66. The summed E-state index contributed by atoms with van der Waals surface area (Å²) in [7, 11) is 0. The van der Waals surface area contributed by atoms with Crippen LogP contribution in [0.2, 0.25) is 0 Å². The molecule has 4 nitrogen and oxygen atoms in total. The molecule has 4 N–H and O–H groups in total. The molecule has 17 heavy (non-hydrogen) atoms. The van der Waals surface area contributed by atoms with Gasteiger partial charge >= 0.3 is 0 Å². The molecule has 0 atom stereocenters. The second-order valence-corrected chi connectivity index (χ2v) is 4.72. The monoisotopic (exact) mass is 292 g/mol. The summed E-state index contributed by atoms with van der Waals surface area (Å²) >= 11 is 3.40. The Morgan fingerprint density at radius 1 is 1.06 bits per heavy atom. The predicted molar refractivity (Wildman–Crippen MR) is 69.1 cm³/mol. The molecule has 0 saturated carbocycles. The van der Waals surface area contributed by atoms with Gasteiger partial charge in [-0.05, 0) is 12.1 Å². The average molecular weight is 293 g/mol. The Labute approximate surface area is 105 Å². The van der Waals surface area contributed by atoms with Crippen molar-refractivity contribution in [2.75, 3.05) is 0 Å². The smallest absolute Gasteiger partial charge is 0.199 e. The van der Waals surface area contributed by atoms with E-state index >= 15 is 0 Å².